The maximum Gasteiger partial charge on any atom is 0.453 e. The number of nitrogens with one attached hydrogen (secondary N) is 1. The molecule has 3 saturated heterocycles. The fourth-order valence-electron chi connectivity index (χ4n) is 7.54. The monoisotopic (exact) mass is 824 g/mol. The number of hydrogen-bond donors (Lipinski definition) is 1. The van der Waals surface area contributed by atoms with Crippen molar-refractivity contribution in [2.75, 3.05) is 25.4 Å². The Balaban J connectivity index is 1.04. The number of alkyl halides is 2. The van der Waals surface area contributed by atoms with E-state index in [0.717, 1.165) is 53.6 Å². The Morgan fingerprint density at radius 3 is 2.59 bits per heavy atom. The molecule has 0 spiro atoms. The van der Waals surface area contributed by atoms with Gasteiger partial charge in [-0.2, -0.15) is 8.78 Å². The summed E-state index contributed by atoms with van der Waals surface area (Å²) >= 11 is 2.00. The van der Waals surface area contributed by atoms with Crippen molar-refractivity contribution in [3.8, 4) is 5.75 Å². The highest BCUT2D eigenvalue weighted by Gasteiger charge is 2.57. The first kappa shape index (κ1) is 40.0. The van der Waals surface area contributed by atoms with Gasteiger partial charge in [0.1, 0.15) is 17.8 Å². The van der Waals surface area contributed by atoms with Crippen LogP contribution in [-0.2, 0) is 29.1 Å². The lowest BCUT2D eigenvalue weighted by Gasteiger charge is -2.42. The van der Waals surface area contributed by atoms with E-state index in [2.05, 4.69) is 10.3 Å². The Morgan fingerprint density at radius 2 is 1.84 bits per heavy atom. The third-order valence-electron chi connectivity index (χ3n) is 10.5. The van der Waals surface area contributed by atoms with Crippen LogP contribution in [0.15, 0.2) is 79.1 Å². The Hall–Kier alpha value is -4.17. The van der Waals surface area contributed by atoms with Gasteiger partial charge in [-0.05, 0) is 85.9 Å². The number of thiophene rings is 1. The largest absolute Gasteiger partial charge is 0.453 e. The molecule has 1 unspecified atom stereocenters. The summed E-state index contributed by atoms with van der Waals surface area (Å²) in [6.45, 7) is 2.58. The fourth-order valence-corrected chi connectivity index (χ4v) is 10.9. The van der Waals surface area contributed by atoms with Gasteiger partial charge in [0.05, 0.1) is 11.5 Å². The summed E-state index contributed by atoms with van der Waals surface area (Å²) in [7, 11) is -5.22. The van der Waals surface area contributed by atoms with Crippen LogP contribution in [0.25, 0.3) is 10.1 Å². The number of thioether (sulfide) groups is 1. The van der Waals surface area contributed by atoms with Crippen molar-refractivity contribution >= 4 is 63.6 Å². The number of likely N-dealkylation sites (tertiary alicyclic amines) is 1. The summed E-state index contributed by atoms with van der Waals surface area (Å²) in [4.78, 5) is 61.2. The number of hydrogen-bond acceptors (Lipinski definition) is 10. The minimum absolute atomic E-state index is 0.0175. The molecule has 3 aliphatic heterocycles. The molecule has 2 aromatic carbocycles. The quantitative estimate of drug-likeness (QED) is 0.0993. The molecule has 5 heterocycles. The number of benzene rings is 2. The van der Waals surface area contributed by atoms with Crippen LogP contribution in [0.3, 0.4) is 0 Å². The van der Waals surface area contributed by atoms with Gasteiger partial charge in [0.15, 0.2) is 5.12 Å². The highest BCUT2D eigenvalue weighted by Crippen LogP contribution is 2.66. The molecule has 4 aromatic rings. The van der Waals surface area contributed by atoms with Gasteiger partial charge in [-0.25, -0.2) is 4.57 Å². The molecular weight excluding hydrogens is 782 g/mol. The summed E-state index contributed by atoms with van der Waals surface area (Å²) in [5.41, 5.74) is -3.66. The van der Waals surface area contributed by atoms with E-state index in [9.17, 15) is 23.7 Å². The van der Waals surface area contributed by atoms with Gasteiger partial charge in [-0.1, -0.05) is 49.0 Å². The molecule has 16 heteroatoms. The number of pyridine rings is 1. The van der Waals surface area contributed by atoms with Gasteiger partial charge in [0.25, 0.3) is 5.91 Å². The molecule has 3 aliphatic rings. The molecule has 0 saturated carbocycles. The predicted molar refractivity (Wildman–Crippen MR) is 211 cm³/mol. The zero-order valence-corrected chi connectivity index (χ0v) is 33.3. The van der Waals surface area contributed by atoms with Crippen LogP contribution in [0.2, 0.25) is 0 Å². The second kappa shape index (κ2) is 17.1. The van der Waals surface area contributed by atoms with Crippen LogP contribution in [0.5, 0.6) is 5.75 Å². The topological polar surface area (TPSA) is 135 Å². The lowest BCUT2D eigenvalue weighted by Crippen LogP contribution is -2.58. The summed E-state index contributed by atoms with van der Waals surface area (Å²) in [5.74, 6) is -0.736. The smallest absolute Gasteiger partial charge is 0.420 e. The Bertz CT molecular complexity index is 2120. The fraction of sp³-hybridized carbons (Fsp3) is 0.425. The summed E-state index contributed by atoms with van der Waals surface area (Å²) in [6.07, 6.45) is 7.62. The first-order valence-corrected chi connectivity index (χ1v) is 22.2. The Morgan fingerprint density at radius 1 is 1.04 bits per heavy atom. The van der Waals surface area contributed by atoms with Crippen molar-refractivity contribution in [3.63, 3.8) is 0 Å². The second-order valence-corrected chi connectivity index (χ2v) is 18.5. The lowest BCUT2D eigenvalue weighted by molar-refractivity contribution is -0.148. The maximum absolute atomic E-state index is 16.3. The van der Waals surface area contributed by atoms with Crippen LogP contribution in [0, 0.1) is 0 Å². The maximum atomic E-state index is 16.3. The molecular formula is C40H43F2N4O7PS2. The van der Waals surface area contributed by atoms with Crippen LogP contribution in [-0.4, -0.2) is 81.2 Å². The van der Waals surface area contributed by atoms with Crippen molar-refractivity contribution in [2.24, 2.45) is 0 Å². The van der Waals surface area contributed by atoms with Gasteiger partial charge < -0.3 is 19.6 Å². The zero-order valence-electron chi connectivity index (χ0n) is 30.8. The minimum atomic E-state index is -5.22. The van der Waals surface area contributed by atoms with Crippen molar-refractivity contribution in [1.82, 2.24) is 20.1 Å². The average Bonchev–Trinajstić information content (AvgIpc) is 3.77. The average molecular weight is 825 g/mol. The molecule has 1 N–H and O–H groups in total. The molecule has 0 bridgehead atoms. The number of halogens is 2. The minimum Gasteiger partial charge on any atom is -0.420 e. The number of amides is 3. The standard InChI is InChI=1S/C40H43F2N4O7PS2/c1-2-8-36(47)55-20-19-52-54(51,53-31-11-4-3-5-12-31)40(41,42)29-14-17-34-27(21-29)22-35(56-34)37(48)44-32-13-6-10-30-15-16-33(46(30)38(32)49)39(50)45-24-28(25-45)26-9-7-18-43-23-26/h3-5,7,9,11-12,14,17-18,21-23,28,30,32-33H,2,6,8,10,13,15-16,19-20,24-25H2,1H3,(H,44,48)/t30-,32-,33-,54?/m0/s1. The molecule has 7 rings (SSSR count). The van der Waals surface area contributed by atoms with E-state index in [1.54, 1.807) is 34.2 Å². The molecule has 0 aliphatic carbocycles. The predicted octanol–water partition coefficient (Wildman–Crippen LogP) is 7.96. The summed E-state index contributed by atoms with van der Waals surface area (Å²) < 4.78 is 57.8. The molecule has 3 fully saturated rings. The van der Waals surface area contributed by atoms with Gasteiger partial charge >= 0.3 is 13.3 Å². The number of aromatic nitrogens is 1. The highest BCUT2D eigenvalue weighted by molar-refractivity contribution is 8.13. The van der Waals surface area contributed by atoms with E-state index in [0.29, 0.717) is 55.3 Å². The molecule has 0 radical (unpaired) electrons. The van der Waals surface area contributed by atoms with Crippen molar-refractivity contribution in [2.45, 2.75) is 81.6 Å². The first-order chi connectivity index (χ1) is 27.0. The number of nitrogens with zero attached hydrogens (tertiary/aromatic N) is 3. The number of carbonyl (C=O) groups excluding carboxylic acids is 4. The number of rotatable bonds is 14. The molecule has 4 atom stereocenters. The van der Waals surface area contributed by atoms with E-state index in [4.69, 9.17) is 9.05 Å². The third kappa shape index (κ3) is 8.41. The lowest BCUT2D eigenvalue weighted by atomic mass is 9.92. The van der Waals surface area contributed by atoms with E-state index in [-0.39, 0.29) is 45.3 Å². The normalized spacial score (nSPS) is 21.2. The third-order valence-corrected chi connectivity index (χ3v) is 14.4. The molecule has 296 valence electrons. The van der Waals surface area contributed by atoms with Crippen LogP contribution in [0.4, 0.5) is 8.78 Å². The van der Waals surface area contributed by atoms with Gasteiger partial charge in [0, 0.05) is 59.9 Å². The summed E-state index contributed by atoms with van der Waals surface area (Å²) in [6, 6.07) is 15.1. The second-order valence-electron chi connectivity index (χ2n) is 14.3. The van der Waals surface area contributed by atoms with E-state index in [1.807, 2.05) is 25.3 Å². The van der Waals surface area contributed by atoms with Crippen LogP contribution >= 0.6 is 30.7 Å². The molecule has 2 aromatic heterocycles. The zero-order chi connectivity index (χ0) is 39.5. The summed E-state index contributed by atoms with van der Waals surface area (Å²) in [5, 5.41) is 3.06. The van der Waals surface area contributed by atoms with Crippen molar-refractivity contribution in [1.29, 1.82) is 0 Å². The van der Waals surface area contributed by atoms with Crippen LogP contribution < -0.4 is 9.84 Å². The molecule has 11 nitrogen and oxygen atoms in total. The van der Waals surface area contributed by atoms with Crippen LogP contribution in [0.1, 0.15) is 78.6 Å². The highest BCUT2D eigenvalue weighted by atomic mass is 32.2. The first-order valence-electron chi connectivity index (χ1n) is 18.9. The number of carbonyl (C=O) groups is 4. The number of fused-ring (bicyclic) bond motifs is 2. The SMILES string of the molecule is CCCC(=O)SCCOP(=O)(Oc1ccccc1)C(F)(F)c1ccc2sc(C(=O)N[C@H]3CCC[C@H]4CC[C@@H](C(=O)N5CC(c6cccnc6)C5)N4C3=O)cc2c1. The van der Waals surface area contributed by atoms with Gasteiger partial charge in [-0.15, -0.1) is 11.3 Å². The molecule has 3 amide bonds. The Kier molecular flexibility index (Phi) is 12.3. The number of para-hydroxylation sites is 1. The van der Waals surface area contributed by atoms with E-state index >= 15 is 8.78 Å². The van der Waals surface area contributed by atoms with E-state index < -0.39 is 43.4 Å². The van der Waals surface area contributed by atoms with Crippen molar-refractivity contribution < 1.29 is 41.6 Å². The van der Waals surface area contributed by atoms with Crippen molar-refractivity contribution in [3.05, 3.63) is 95.1 Å². The Labute approximate surface area is 332 Å². The van der Waals surface area contributed by atoms with Gasteiger partial charge in [-0.3, -0.25) is 28.7 Å². The molecule has 56 heavy (non-hydrogen) atoms. The van der Waals surface area contributed by atoms with E-state index in [1.165, 1.54) is 24.3 Å². The van der Waals surface area contributed by atoms with Gasteiger partial charge in [0.2, 0.25) is 11.8 Å².